The minimum atomic E-state index is -4.72. The number of fused-ring (bicyclic) bond motifs is 4. The second-order valence-corrected chi connectivity index (χ2v) is 14.2. The third kappa shape index (κ3) is 5.88. The fraction of sp³-hybridized carbons (Fsp3) is 0.114. The predicted molar refractivity (Wildman–Crippen MR) is 187 cm³/mol. The molecule has 5 N–H and O–H groups in total. The molecule has 0 saturated carbocycles. The van der Waals surface area contributed by atoms with Gasteiger partial charge in [-0.05, 0) is 36.4 Å². The van der Waals surface area contributed by atoms with Crippen LogP contribution in [0.3, 0.4) is 0 Å². The average molecular weight is 684 g/mol. The van der Waals surface area contributed by atoms with Gasteiger partial charge in [-0.3, -0.25) is 9.11 Å². The van der Waals surface area contributed by atoms with Crippen molar-refractivity contribution in [3.8, 4) is 5.75 Å². The first-order chi connectivity index (χ1) is 23.0. The molecule has 4 aromatic carbocycles. The van der Waals surface area contributed by atoms with Gasteiger partial charge in [-0.1, -0.05) is 54.6 Å². The van der Waals surface area contributed by atoms with Crippen LogP contribution in [0.4, 0.5) is 34.1 Å². The molecule has 13 heteroatoms. The molecule has 11 nitrogen and oxygen atoms in total. The van der Waals surface area contributed by atoms with Crippen molar-refractivity contribution in [1.82, 2.24) is 4.58 Å². The van der Waals surface area contributed by atoms with Gasteiger partial charge in [0.1, 0.15) is 22.4 Å². The van der Waals surface area contributed by atoms with Crippen molar-refractivity contribution in [3.63, 3.8) is 0 Å². The Bertz CT molecular complexity index is 2280. The number of hydrogen-bond acceptors (Lipinski definition) is 8. The van der Waals surface area contributed by atoms with Gasteiger partial charge >= 0.3 is 0 Å². The fourth-order valence-electron chi connectivity index (χ4n) is 6.50. The highest BCUT2D eigenvalue weighted by Gasteiger charge is 2.48. The molecule has 0 fully saturated rings. The second kappa shape index (κ2) is 12.1. The van der Waals surface area contributed by atoms with Gasteiger partial charge in [-0.2, -0.15) is 21.4 Å². The maximum atomic E-state index is 12.8. The Morgan fingerprint density at radius 2 is 1.54 bits per heavy atom. The SMILES string of the molecule is COc1cccc(Nc2cc3c(cc2S(=O)(=O)O)NC2C(=[N+]3c3ccccc3)CC(Nc3ccccc3)=C3C(S(=O)(=O)O)=CC=CC32)c1. The molecule has 0 amide bonds. The van der Waals surface area contributed by atoms with Crippen LogP contribution >= 0.6 is 0 Å². The first-order valence-corrected chi connectivity index (χ1v) is 17.8. The lowest BCUT2D eigenvalue weighted by atomic mass is 9.76. The number of methoxy groups -OCH3 is 1. The number of nitrogens with one attached hydrogen (secondary N) is 3. The van der Waals surface area contributed by atoms with Crippen LogP contribution in [0.2, 0.25) is 0 Å². The topological polar surface area (TPSA) is 157 Å². The summed E-state index contributed by atoms with van der Waals surface area (Å²) in [6.45, 7) is 0. The normalized spacial score (nSPS) is 18.6. The number of rotatable bonds is 8. The Hall–Kier alpha value is -5.21. The number of hydrogen-bond donors (Lipinski definition) is 5. The van der Waals surface area contributed by atoms with Crippen molar-refractivity contribution >= 4 is 60.1 Å². The lowest BCUT2D eigenvalue weighted by molar-refractivity contribution is 0.415. The van der Waals surface area contributed by atoms with Gasteiger partial charge in [-0.25, -0.2) is 0 Å². The van der Waals surface area contributed by atoms with E-state index in [9.17, 15) is 25.9 Å². The van der Waals surface area contributed by atoms with Crippen LogP contribution in [0.5, 0.6) is 5.75 Å². The van der Waals surface area contributed by atoms with Crippen LogP contribution in [0.15, 0.2) is 136 Å². The first-order valence-electron chi connectivity index (χ1n) is 15.0. The van der Waals surface area contributed by atoms with Crippen LogP contribution in [-0.4, -0.2) is 44.8 Å². The largest absolute Gasteiger partial charge is 0.497 e. The summed E-state index contributed by atoms with van der Waals surface area (Å²) in [6.07, 6.45) is 5.06. The Kier molecular flexibility index (Phi) is 7.92. The van der Waals surface area contributed by atoms with Gasteiger partial charge in [0.2, 0.25) is 11.4 Å². The van der Waals surface area contributed by atoms with E-state index < -0.39 is 32.2 Å². The number of para-hydroxylation sites is 2. The number of anilines is 4. The van der Waals surface area contributed by atoms with E-state index in [2.05, 4.69) is 16.0 Å². The summed E-state index contributed by atoms with van der Waals surface area (Å²) in [5.41, 5.74) is 5.00. The quantitative estimate of drug-likeness (QED) is 0.103. The molecule has 4 aromatic rings. The molecule has 2 aliphatic carbocycles. The van der Waals surface area contributed by atoms with Crippen LogP contribution in [0.25, 0.3) is 0 Å². The minimum absolute atomic E-state index is 0.134. The smallest absolute Gasteiger partial charge is 0.296 e. The van der Waals surface area contributed by atoms with E-state index in [1.807, 2.05) is 71.3 Å². The van der Waals surface area contributed by atoms with Gasteiger partial charge in [0.05, 0.1) is 24.1 Å². The standard InChI is InChI=1S/C35H30N4O7S2/c1-46-25-15-8-12-23(18-25)37-28-19-30-27(21-33(28)48(43,44)45)38-35-26-16-9-17-32(47(40,41)42)34(26)29(36-22-10-4-2-5-11-22)20-31(35)39(30)24-13-6-3-7-14-24/h2-19,21,26,35-38H,20H2,1H3,(H-,40,41,42,43,44,45)/p+1. The van der Waals surface area contributed by atoms with E-state index in [1.165, 1.54) is 19.3 Å². The molecular formula is C35H31N4O7S2+. The maximum Gasteiger partial charge on any atom is 0.296 e. The molecule has 0 aromatic heterocycles. The molecule has 0 radical (unpaired) electrons. The molecule has 2 atom stereocenters. The summed E-state index contributed by atoms with van der Waals surface area (Å²) in [4.78, 5) is -0.577. The van der Waals surface area contributed by atoms with Gasteiger partial charge in [0.25, 0.3) is 20.2 Å². The van der Waals surface area contributed by atoms with E-state index in [4.69, 9.17) is 4.74 Å². The molecule has 1 aliphatic heterocycles. The second-order valence-electron chi connectivity index (χ2n) is 11.5. The molecular weight excluding hydrogens is 653 g/mol. The van der Waals surface area contributed by atoms with Crippen molar-refractivity contribution in [3.05, 3.63) is 131 Å². The third-order valence-corrected chi connectivity index (χ3v) is 10.3. The molecule has 2 unspecified atom stereocenters. The maximum absolute atomic E-state index is 12.8. The summed E-state index contributed by atoms with van der Waals surface area (Å²) < 4.78 is 79.1. The average Bonchev–Trinajstić information content (AvgIpc) is 3.07. The molecule has 0 bridgehead atoms. The van der Waals surface area contributed by atoms with Crippen LogP contribution in [-0.2, 0) is 20.2 Å². The molecule has 3 aliphatic rings. The lowest BCUT2D eigenvalue weighted by Crippen LogP contribution is -2.49. The molecule has 244 valence electrons. The Balaban J connectivity index is 1.47. The summed E-state index contributed by atoms with van der Waals surface area (Å²) in [5, 5.41) is 10.0. The summed E-state index contributed by atoms with van der Waals surface area (Å²) >= 11 is 0. The number of allylic oxidation sites excluding steroid dienone is 4. The third-order valence-electron chi connectivity index (χ3n) is 8.49. The fourth-order valence-corrected chi connectivity index (χ4v) is 7.94. The number of nitrogens with zero attached hydrogens (tertiary/aromatic N) is 1. The molecule has 0 spiro atoms. The Morgan fingerprint density at radius 1 is 0.833 bits per heavy atom. The van der Waals surface area contributed by atoms with Crippen molar-refractivity contribution in [2.45, 2.75) is 17.4 Å². The zero-order valence-electron chi connectivity index (χ0n) is 25.5. The summed E-state index contributed by atoms with van der Waals surface area (Å²) in [5.74, 6) is -0.0375. The summed E-state index contributed by atoms with van der Waals surface area (Å²) in [7, 11) is -7.82. The number of benzene rings is 4. The Morgan fingerprint density at radius 3 is 2.23 bits per heavy atom. The highest BCUT2D eigenvalue weighted by Crippen LogP contribution is 2.46. The van der Waals surface area contributed by atoms with Crippen molar-refractivity contribution in [2.75, 3.05) is 23.1 Å². The van der Waals surface area contributed by atoms with E-state index >= 15 is 0 Å². The summed E-state index contributed by atoms with van der Waals surface area (Å²) in [6, 6.07) is 28.3. The van der Waals surface area contributed by atoms with Crippen LogP contribution in [0.1, 0.15) is 6.42 Å². The van der Waals surface area contributed by atoms with Crippen LogP contribution in [0, 0.1) is 5.92 Å². The van der Waals surface area contributed by atoms with Gasteiger partial charge in [0.15, 0.2) is 5.71 Å². The minimum Gasteiger partial charge on any atom is -0.497 e. The number of ether oxygens (including phenoxy) is 1. The van der Waals surface area contributed by atoms with E-state index in [0.717, 1.165) is 17.1 Å². The van der Waals surface area contributed by atoms with E-state index in [0.29, 0.717) is 34.1 Å². The zero-order valence-corrected chi connectivity index (χ0v) is 27.2. The zero-order chi connectivity index (χ0) is 33.6. The highest BCUT2D eigenvalue weighted by atomic mass is 32.2. The molecule has 1 heterocycles. The first kappa shape index (κ1) is 31.4. The molecule has 7 rings (SSSR count). The van der Waals surface area contributed by atoms with Crippen molar-refractivity contribution < 1.29 is 30.7 Å². The Labute approximate surface area is 278 Å². The van der Waals surface area contributed by atoms with Crippen LogP contribution < -0.4 is 25.3 Å². The van der Waals surface area contributed by atoms with Gasteiger partial charge < -0.3 is 20.7 Å². The van der Waals surface area contributed by atoms with Crippen molar-refractivity contribution in [1.29, 1.82) is 0 Å². The monoisotopic (exact) mass is 683 g/mol. The highest BCUT2D eigenvalue weighted by molar-refractivity contribution is 7.90. The van der Waals surface area contributed by atoms with Crippen molar-refractivity contribution in [2.24, 2.45) is 5.92 Å². The van der Waals surface area contributed by atoms with E-state index in [1.54, 1.807) is 36.4 Å². The lowest BCUT2D eigenvalue weighted by Gasteiger charge is -2.38. The van der Waals surface area contributed by atoms with E-state index in [-0.39, 0.29) is 21.9 Å². The van der Waals surface area contributed by atoms with Gasteiger partial charge in [-0.15, -0.1) is 0 Å². The molecule has 48 heavy (non-hydrogen) atoms. The molecule has 0 saturated heterocycles. The predicted octanol–water partition coefficient (Wildman–Crippen LogP) is 6.48. The van der Waals surface area contributed by atoms with Gasteiger partial charge in [0, 0.05) is 52.8 Å².